The van der Waals surface area contributed by atoms with Gasteiger partial charge < -0.3 is 15.0 Å². The number of nitrogens with zero attached hydrogens (tertiary/aromatic N) is 4. The van der Waals surface area contributed by atoms with E-state index in [1.165, 1.54) is 10.6 Å². The lowest BCUT2D eigenvalue weighted by molar-refractivity contribution is 0.000149. The third-order valence-electron chi connectivity index (χ3n) is 4.59. The zero-order valence-electron chi connectivity index (χ0n) is 14.8. The van der Waals surface area contributed by atoms with Gasteiger partial charge in [-0.2, -0.15) is 9.40 Å². The molecule has 2 aliphatic heterocycles. The molecule has 2 amide bonds. The lowest BCUT2D eigenvalue weighted by Crippen LogP contribution is -2.56. The molecular weight excluding hydrogens is 346 g/mol. The van der Waals surface area contributed by atoms with Crippen LogP contribution in [0.3, 0.4) is 0 Å². The van der Waals surface area contributed by atoms with Gasteiger partial charge in [0, 0.05) is 38.4 Å². The molecule has 1 N–H and O–H groups in total. The van der Waals surface area contributed by atoms with Gasteiger partial charge in [0.1, 0.15) is 0 Å². The van der Waals surface area contributed by atoms with E-state index >= 15 is 0 Å². The first-order valence-electron chi connectivity index (χ1n) is 8.36. The minimum atomic E-state index is -3.23. The summed E-state index contributed by atoms with van der Waals surface area (Å²) in [6, 6.07) is 2.08. The predicted octanol–water partition coefficient (Wildman–Crippen LogP) is -0.273. The Balaban J connectivity index is 1.44. The van der Waals surface area contributed by atoms with E-state index in [-0.39, 0.29) is 24.7 Å². The zero-order chi connectivity index (χ0) is 18.2. The largest absolute Gasteiger partial charge is 0.374 e. The maximum atomic E-state index is 12.2. The molecule has 1 aromatic rings. The van der Waals surface area contributed by atoms with Crippen LogP contribution in [0.25, 0.3) is 0 Å². The van der Waals surface area contributed by atoms with Crippen LogP contribution in [0.15, 0.2) is 6.07 Å². The third-order valence-corrected chi connectivity index (χ3v) is 5.86. The summed E-state index contributed by atoms with van der Waals surface area (Å²) in [6.07, 6.45) is 0.869. The minimum absolute atomic E-state index is 0.155. The molecule has 0 aromatic carbocycles. The molecule has 1 atom stereocenters. The molecule has 3 heterocycles. The van der Waals surface area contributed by atoms with Gasteiger partial charge in [-0.05, 0) is 19.9 Å². The number of amides is 2. The van der Waals surface area contributed by atoms with Crippen LogP contribution in [0.5, 0.6) is 0 Å². The standard InChI is InChI=1S/C15H25N5O4S/c1-11-6-12(2)20(17-11)13-8-18(9-13)15(21)16-7-14-10-19(4-5-24-14)25(3,22)23/h6,13-14H,4-5,7-10H2,1-3H3,(H,16,21)/t14-/m1/s1. The van der Waals surface area contributed by atoms with E-state index in [4.69, 9.17) is 4.74 Å². The van der Waals surface area contributed by atoms with Crippen molar-refractivity contribution in [1.82, 2.24) is 24.3 Å². The first-order chi connectivity index (χ1) is 11.7. The Hall–Kier alpha value is -1.65. The van der Waals surface area contributed by atoms with Crippen molar-refractivity contribution in [3.63, 3.8) is 0 Å². The molecule has 10 heteroatoms. The van der Waals surface area contributed by atoms with Crippen LogP contribution in [-0.2, 0) is 14.8 Å². The van der Waals surface area contributed by atoms with Gasteiger partial charge in [-0.25, -0.2) is 13.2 Å². The van der Waals surface area contributed by atoms with Crippen molar-refractivity contribution in [3.8, 4) is 0 Å². The Labute approximate surface area is 148 Å². The smallest absolute Gasteiger partial charge is 0.317 e. The first kappa shape index (κ1) is 18.2. The lowest BCUT2D eigenvalue weighted by atomic mass is 10.1. The van der Waals surface area contributed by atoms with Crippen molar-refractivity contribution in [1.29, 1.82) is 0 Å². The molecular formula is C15H25N5O4S. The Morgan fingerprint density at radius 3 is 2.68 bits per heavy atom. The number of aromatic nitrogens is 2. The second-order valence-corrected chi connectivity index (χ2v) is 8.71. The summed E-state index contributed by atoms with van der Waals surface area (Å²) in [7, 11) is -3.23. The molecule has 25 heavy (non-hydrogen) atoms. The van der Waals surface area contributed by atoms with E-state index in [1.54, 1.807) is 4.90 Å². The van der Waals surface area contributed by atoms with E-state index in [0.29, 0.717) is 32.8 Å². The SMILES string of the molecule is Cc1cc(C)n(C2CN(C(=O)NC[C@@H]3CN(S(C)(=O)=O)CCO3)C2)n1. The number of urea groups is 1. The summed E-state index contributed by atoms with van der Waals surface area (Å²) >= 11 is 0. The molecule has 0 bridgehead atoms. The number of nitrogens with one attached hydrogen (secondary N) is 1. The Kier molecular flexibility index (Phi) is 5.03. The fourth-order valence-electron chi connectivity index (χ4n) is 3.22. The van der Waals surface area contributed by atoms with Gasteiger partial charge in [0.25, 0.3) is 0 Å². The maximum Gasteiger partial charge on any atom is 0.317 e. The molecule has 3 rings (SSSR count). The molecule has 0 aliphatic carbocycles. The van der Waals surface area contributed by atoms with Gasteiger partial charge >= 0.3 is 6.03 Å². The van der Waals surface area contributed by atoms with Crippen LogP contribution in [0.4, 0.5) is 4.79 Å². The van der Waals surface area contributed by atoms with Crippen molar-refractivity contribution in [2.24, 2.45) is 0 Å². The molecule has 9 nitrogen and oxygen atoms in total. The number of hydrogen-bond donors (Lipinski definition) is 1. The second-order valence-electron chi connectivity index (χ2n) is 6.73. The average Bonchev–Trinajstić information content (AvgIpc) is 2.82. The van der Waals surface area contributed by atoms with Gasteiger partial charge in [0.2, 0.25) is 10.0 Å². The summed E-state index contributed by atoms with van der Waals surface area (Å²) in [5.74, 6) is 0. The van der Waals surface area contributed by atoms with Crippen molar-refractivity contribution < 1.29 is 17.9 Å². The summed E-state index contributed by atoms with van der Waals surface area (Å²) in [5, 5.41) is 7.28. The zero-order valence-corrected chi connectivity index (χ0v) is 15.6. The molecule has 0 spiro atoms. The van der Waals surface area contributed by atoms with Gasteiger partial charge in [-0.3, -0.25) is 4.68 Å². The second kappa shape index (κ2) is 6.93. The van der Waals surface area contributed by atoms with Crippen molar-refractivity contribution >= 4 is 16.1 Å². The van der Waals surface area contributed by atoms with Gasteiger partial charge in [-0.1, -0.05) is 0 Å². The highest BCUT2D eigenvalue weighted by atomic mass is 32.2. The quantitative estimate of drug-likeness (QED) is 0.786. The van der Waals surface area contributed by atoms with Gasteiger partial charge in [0.05, 0.1) is 30.7 Å². The Bertz CT molecular complexity index is 741. The number of rotatable bonds is 4. The Morgan fingerprint density at radius 2 is 2.08 bits per heavy atom. The lowest BCUT2D eigenvalue weighted by Gasteiger charge is -2.40. The molecule has 0 radical (unpaired) electrons. The molecule has 140 valence electrons. The van der Waals surface area contributed by atoms with E-state index < -0.39 is 10.0 Å². The van der Waals surface area contributed by atoms with E-state index in [9.17, 15) is 13.2 Å². The summed E-state index contributed by atoms with van der Waals surface area (Å²) in [4.78, 5) is 13.9. The van der Waals surface area contributed by atoms with Crippen LogP contribution in [0.2, 0.25) is 0 Å². The van der Waals surface area contributed by atoms with Crippen LogP contribution >= 0.6 is 0 Å². The number of ether oxygens (including phenoxy) is 1. The number of morpholine rings is 1. The van der Waals surface area contributed by atoms with Crippen LogP contribution in [0.1, 0.15) is 17.4 Å². The number of carbonyl (C=O) groups excluding carboxylic acids is 1. The predicted molar refractivity (Wildman–Crippen MR) is 91.9 cm³/mol. The maximum absolute atomic E-state index is 12.2. The summed E-state index contributed by atoms with van der Waals surface area (Å²) in [5.41, 5.74) is 2.07. The third kappa shape index (κ3) is 4.13. The monoisotopic (exact) mass is 371 g/mol. The molecule has 1 aromatic heterocycles. The van der Waals surface area contributed by atoms with E-state index in [0.717, 1.165) is 11.4 Å². The number of aryl methyl sites for hydroxylation is 2. The highest BCUT2D eigenvalue weighted by Gasteiger charge is 2.34. The van der Waals surface area contributed by atoms with Crippen molar-refractivity contribution in [2.45, 2.75) is 26.0 Å². The molecule has 2 aliphatic rings. The fraction of sp³-hybridized carbons (Fsp3) is 0.733. The highest BCUT2D eigenvalue weighted by molar-refractivity contribution is 7.88. The van der Waals surface area contributed by atoms with Gasteiger partial charge in [0.15, 0.2) is 0 Å². The fourth-order valence-corrected chi connectivity index (χ4v) is 4.06. The first-order valence-corrected chi connectivity index (χ1v) is 10.2. The summed E-state index contributed by atoms with van der Waals surface area (Å²) < 4.78 is 32.1. The molecule has 2 saturated heterocycles. The number of likely N-dealkylation sites (tertiary alicyclic amines) is 1. The molecule has 0 unspecified atom stereocenters. The van der Waals surface area contributed by atoms with Crippen LogP contribution in [0, 0.1) is 13.8 Å². The average molecular weight is 371 g/mol. The minimum Gasteiger partial charge on any atom is -0.374 e. The molecule has 2 fully saturated rings. The van der Waals surface area contributed by atoms with Crippen molar-refractivity contribution in [2.75, 3.05) is 45.6 Å². The number of carbonyl (C=O) groups is 1. The van der Waals surface area contributed by atoms with Crippen LogP contribution < -0.4 is 5.32 Å². The van der Waals surface area contributed by atoms with E-state index in [2.05, 4.69) is 10.4 Å². The topological polar surface area (TPSA) is 96.8 Å². The van der Waals surface area contributed by atoms with Gasteiger partial charge in [-0.15, -0.1) is 0 Å². The van der Waals surface area contributed by atoms with Crippen LogP contribution in [-0.4, -0.2) is 85.1 Å². The van der Waals surface area contributed by atoms with E-state index in [1.807, 2.05) is 24.6 Å². The normalized spacial score (nSPS) is 22.7. The highest BCUT2D eigenvalue weighted by Crippen LogP contribution is 2.22. The number of sulfonamides is 1. The molecule has 0 saturated carbocycles. The van der Waals surface area contributed by atoms with Crippen molar-refractivity contribution in [3.05, 3.63) is 17.5 Å². The Morgan fingerprint density at radius 1 is 1.36 bits per heavy atom. The number of hydrogen-bond acceptors (Lipinski definition) is 5. The summed E-state index contributed by atoms with van der Waals surface area (Å²) in [6.45, 7) is 6.48.